The lowest BCUT2D eigenvalue weighted by atomic mass is 10.0. The minimum atomic E-state index is -4.37. The van der Waals surface area contributed by atoms with Crippen LogP contribution in [0.2, 0.25) is 0 Å². The van der Waals surface area contributed by atoms with Crippen molar-refractivity contribution in [1.29, 1.82) is 0 Å². The number of aliphatic hydroxyl groups excluding tert-OH is 1. The van der Waals surface area contributed by atoms with E-state index in [2.05, 4.69) is 129 Å². The van der Waals surface area contributed by atoms with Gasteiger partial charge < -0.3 is 19.8 Å². The molecule has 0 heterocycles. The van der Waals surface area contributed by atoms with Crippen LogP contribution in [0.3, 0.4) is 0 Å². The summed E-state index contributed by atoms with van der Waals surface area (Å²) in [7, 11) is 1.54. The molecule has 0 aromatic carbocycles. The third-order valence-corrected chi connectivity index (χ3v) is 14.9. The lowest BCUT2D eigenvalue weighted by Crippen LogP contribution is -2.45. The van der Waals surface area contributed by atoms with E-state index in [0.717, 1.165) is 103 Å². The highest BCUT2D eigenvalue weighted by molar-refractivity contribution is 7.47. The lowest BCUT2D eigenvalue weighted by Gasteiger charge is -2.25. The van der Waals surface area contributed by atoms with Gasteiger partial charge in [0.15, 0.2) is 0 Å². The molecule has 3 N–H and O–H groups in total. The lowest BCUT2D eigenvalue weighted by molar-refractivity contribution is -0.870. The van der Waals surface area contributed by atoms with Gasteiger partial charge in [-0.05, 0) is 96.3 Å². The van der Waals surface area contributed by atoms with Crippen molar-refractivity contribution in [3.63, 3.8) is 0 Å². The number of quaternary nitrogens is 1. The number of rotatable bonds is 58. The van der Waals surface area contributed by atoms with Crippen molar-refractivity contribution in [2.24, 2.45) is 0 Å². The van der Waals surface area contributed by atoms with Crippen LogP contribution in [-0.2, 0) is 18.4 Å². The van der Waals surface area contributed by atoms with Gasteiger partial charge in [-0.25, -0.2) is 4.57 Å². The fourth-order valence-corrected chi connectivity index (χ4v) is 9.63. The molecule has 8 nitrogen and oxygen atoms in total. The maximum atomic E-state index is 13.0. The van der Waals surface area contributed by atoms with Gasteiger partial charge in [-0.2, -0.15) is 0 Å². The second-order valence-electron chi connectivity index (χ2n) is 22.7. The van der Waals surface area contributed by atoms with Crippen molar-refractivity contribution in [2.45, 2.75) is 276 Å². The molecule has 0 bridgehead atoms. The first kappa shape index (κ1) is 75.9. The number of amides is 1. The van der Waals surface area contributed by atoms with Crippen molar-refractivity contribution in [1.82, 2.24) is 5.32 Å². The molecule has 0 fully saturated rings. The molecule has 0 aliphatic rings. The Morgan fingerprint density at radius 1 is 0.443 bits per heavy atom. The van der Waals surface area contributed by atoms with Crippen molar-refractivity contribution >= 4 is 13.7 Å². The van der Waals surface area contributed by atoms with Gasteiger partial charge >= 0.3 is 7.82 Å². The van der Waals surface area contributed by atoms with Gasteiger partial charge in [-0.1, -0.05) is 283 Å². The predicted octanol–water partition coefficient (Wildman–Crippen LogP) is 20.5. The highest BCUT2D eigenvalue weighted by Crippen LogP contribution is 2.43. The zero-order valence-corrected chi connectivity index (χ0v) is 52.7. The minimum absolute atomic E-state index is 0.0485. The second kappa shape index (κ2) is 59.5. The molecule has 0 radical (unpaired) electrons. The molecule has 0 aromatic heterocycles. The Labute approximate surface area is 488 Å². The smallest absolute Gasteiger partial charge is 0.387 e. The normalized spacial score (nSPS) is 14.6. The monoisotopic (exact) mass is 1120 g/mol. The Bertz CT molecular complexity index is 1700. The molecule has 0 aromatic rings. The molecule has 0 saturated carbocycles. The highest BCUT2D eigenvalue weighted by atomic mass is 31.2. The summed E-state index contributed by atoms with van der Waals surface area (Å²) in [6.45, 7) is 4.68. The Kier molecular flexibility index (Phi) is 57.2. The van der Waals surface area contributed by atoms with Crippen LogP contribution in [0.5, 0.6) is 0 Å². The van der Waals surface area contributed by atoms with Crippen molar-refractivity contribution in [2.75, 3.05) is 40.9 Å². The minimum Gasteiger partial charge on any atom is -0.387 e. The molecule has 3 atom stereocenters. The molecule has 454 valence electrons. The fourth-order valence-electron chi connectivity index (χ4n) is 8.90. The summed E-state index contributed by atoms with van der Waals surface area (Å²) in [4.78, 5) is 23.4. The zero-order chi connectivity index (χ0) is 57.7. The van der Waals surface area contributed by atoms with E-state index in [0.29, 0.717) is 17.4 Å². The summed E-state index contributed by atoms with van der Waals surface area (Å²) in [5, 5.41) is 14.0. The van der Waals surface area contributed by atoms with Gasteiger partial charge in [0.1, 0.15) is 13.2 Å². The number of hydrogen-bond acceptors (Lipinski definition) is 5. The summed E-state index contributed by atoms with van der Waals surface area (Å²) in [6.07, 6.45) is 88.9. The van der Waals surface area contributed by atoms with Gasteiger partial charge in [-0.15, -0.1) is 0 Å². The zero-order valence-electron chi connectivity index (χ0n) is 51.8. The van der Waals surface area contributed by atoms with Crippen LogP contribution < -0.4 is 5.32 Å². The van der Waals surface area contributed by atoms with Crippen molar-refractivity contribution < 1.29 is 32.9 Å². The maximum absolute atomic E-state index is 13.0. The quantitative estimate of drug-likeness (QED) is 0.0243. The molecule has 79 heavy (non-hydrogen) atoms. The van der Waals surface area contributed by atoms with Crippen molar-refractivity contribution in [3.05, 3.63) is 122 Å². The molecular weight excluding hydrogens is 996 g/mol. The van der Waals surface area contributed by atoms with Gasteiger partial charge in [-0.3, -0.25) is 13.8 Å². The molecule has 0 saturated heterocycles. The van der Waals surface area contributed by atoms with E-state index in [4.69, 9.17) is 9.05 Å². The Morgan fingerprint density at radius 3 is 1.16 bits per heavy atom. The molecule has 0 aliphatic carbocycles. The van der Waals surface area contributed by atoms with Gasteiger partial charge in [0.25, 0.3) is 0 Å². The molecule has 0 spiro atoms. The highest BCUT2D eigenvalue weighted by Gasteiger charge is 2.27. The number of likely N-dealkylation sites (N-methyl/N-ethyl adjacent to an activating group) is 1. The van der Waals surface area contributed by atoms with Crippen LogP contribution in [0.1, 0.15) is 264 Å². The maximum Gasteiger partial charge on any atom is 0.472 e. The van der Waals surface area contributed by atoms with Crippen LogP contribution in [0.15, 0.2) is 122 Å². The summed E-state index contributed by atoms with van der Waals surface area (Å²) in [5.41, 5.74) is 0. The average molecular weight is 1120 g/mol. The number of carbonyl (C=O) groups is 1. The van der Waals surface area contributed by atoms with Gasteiger partial charge in [0.05, 0.1) is 39.9 Å². The van der Waals surface area contributed by atoms with Crippen LogP contribution in [0.25, 0.3) is 0 Å². The summed E-state index contributed by atoms with van der Waals surface area (Å²) < 4.78 is 23.8. The summed E-state index contributed by atoms with van der Waals surface area (Å²) in [5.74, 6) is -0.198. The largest absolute Gasteiger partial charge is 0.472 e. The molecule has 0 rings (SSSR count). The van der Waals surface area contributed by atoms with Gasteiger partial charge in [0.2, 0.25) is 5.91 Å². The van der Waals surface area contributed by atoms with Crippen molar-refractivity contribution in [3.8, 4) is 0 Å². The van der Waals surface area contributed by atoms with E-state index in [1.807, 2.05) is 27.2 Å². The second-order valence-corrected chi connectivity index (χ2v) is 24.2. The number of carbonyl (C=O) groups excluding carboxylic acids is 1. The summed E-state index contributed by atoms with van der Waals surface area (Å²) >= 11 is 0. The number of nitrogens with zero attached hydrogens (tertiary/aromatic N) is 1. The number of hydrogen-bond donors (Lipinski definition) is 3. The number of phosphoric acid groups is 1. The first-order valence-corrected chi connectivity index (χ1v) is 33.9. The summed E-state index contributed by atoms with van der Waals surface area (Å²) in [6, 6.07) is -0.878. The Balaban J connectivity index is 4.23. The molecule has 0 aliphatic heterocycles. The third kappa shape index (κ3) is 62.4. The first-order chi connectivity index (χ1) is 38.5. The molecule has 3 unspecified atom stereocenters. The van der Waals surface area contributed by atoms with Crippen LogP contribution in [-0.4, -0.2) is 73.4 Å². The van der Waals surface area contributed by atoms with E-state index >= 15 is 0 Å². The molecular formula is C70H124N2O6P+. The van der Waals surface area contributed by atoms with Crippen LogP contribution in [0.4, 0.5) is 0 Å². The number of aliphatic hydroxyl groups is 1. The topological polar surface area (TPSA) is 105 Å². The van der Waals surface area contributed by atoms with E-state index in [1.165, 1.54) is 141 Å². The number of allylic oxidation sites excluding steroid dienone is 19. The van der Waals surface area contributed by atoms with E-state index in [1.54, 1.807) is 6.08 Å². The average Bonchev–Trinajstić information content (AvgIpc) is 3.42. The van der Waals surface area contributed by atoms with Crippen LogP contribution in [0, 0.1) is 0 Å². The first-order valence-electron chi connectivity index (χ1n) is 32.4. The fraction of sp³-hybridized carbons (Fsp3) is 0.700. The Morgan fingerprint density at radius 2 is 0.772 bits per heavy atom. The van der Waals surface area contributed by atoms with E-state index < -0.39 is 20.0 Å². The SMILES string of the molecule is CC/C=C\C/C=C\C/C=C\C/C=C\C/C=C\C/C=C\C/C=C\C/C=C\CCCCCCCCCCC(=O)NC(COP(=O)(O)OCC[N+](C)(C)C)C(O)/C=C/CC/C=C/CCCCCCCCCCCCCCCCCCCC. The van der Waals surface area contributed by atoms with E-state index in [9.17, 15) is 19.4 Å². The van der Waals surface area contributed by atoms with Crippen LogP contribution >= 0.6 is 7.82 Å². The predicted molar refractivity (Wildman–Crippen MR) is 345 cm³/mol. The molecule has 9 heteroatoms. The Hall–Kier alpha value is -3.10. The number of unbranched alkanes of at least 4 members (excludes halogenated alkanes) is 27. The number of phosphoric ester groups is 1. The third-order valence-electron chi connectivity index (χ3n) is 13.9. The van der Waals surface area contributed by atoms with E-state index in [-0.39, 0.29) is 19.1 Å². The molecule has 1 amide bonds. The number of nitrogens with one attached hydrogen (secondary N) is 1. The standard InChI is InChI=1S/C70H123N2O6P/c1-6-8-10-12-14-16-18-20-22-24-26-28-30-32-33-34-35-36-37-38-39-40-42-44-46-48-50-52-54-56-58-60-62-64-70(74)71-68(67-78-79(75,76)77-66-65-72(3,4)5)69(73)63-61-59-57-55-53-51-49-47-45-43-41-31-29-27-25-23-21-19-17-15-13-11-9-7-2/h8,10,14,16,20,22,26,28,32-33,35-36,38-39,42,44,53,55,61,63,68-69,73H,6-7,9,11-13,15,17-19,21,23-25,27,29-31,34,37,40-41,43,45-52,54,56-60,62,64-67H2,1-5H3,(H-,71,74,75,76)/p+1/b10-8-,16-14-,22-20-,28-26-,33-32-,36-35-,39-38-,44-42-,55-53+,63-61+. The van der Waals surface area contributed by atoms with Gasteiger partial charge in [0, 0.05) is 6.42 Å².